The zero-order valence-corrected chi connectivity index (χ0v) is 17.5. The summed E-state index contributed by atoms with van der Waals surface area (Å²) in [5.41, 5.74) is 2.41. The van der Waals surface area contributed by atoms with Crippen molar-refractivity contribution in [1.29, 1.82) is 0 Å². The molecule has 0 bridgehead atoms. The SMILES string of the molecule is O=C(Cn1cnc2scc(-c3ccc(F)cc3)c2c1=O)NCC1(c2ccccc2)CC1. The number of carbonyl (C=O) groups is 1. The van der Waals surface area contributed by atoms with Crippen LogP contribution in [0, 0.1) is 5.82 Å². The molecule has 1 N–H and O–H groups in total. The molecule has 1 aliphatic carbocycles. The molecule has 2 aromatic carbocycles. The molecule has 0 spiro atoms. The highest BCUT2D eigenvalue weighted by atomic mass is 32.1. The molecule has 5 nitrogen and oxygen atoms in total. The van der Waals surface area contributed by atoms with Crippen molar-refractivity contribution in [2.45, 2.75) is 24.8 Å². The number of halogens is 1. The molecule has 1 saturated carbocycles. The predicted molar refractivity (Wildman–Crippen MR) is 120 cm³/mol. The number of thiophene rings is 1. The largest absolute Gasteiger partial charge is 0.354 e. The molecule has 0 saturated heterocycles. The third-order valence-corrected chi connectivity index (χ3v) is 6.78. The van der Waals surface area contributed by atoms with Crippen molar-refractivity contribution in [3.63, 3.8) is 0 Å². The highest BCUT2D eigenvalue weighted by Gasteiger charge is 2.44. The Balaban J connectivity index is 1.35. The average molecular weight is 434 g/mol. The fraction of sp³-hybridized carbons (Fsp3) is 0.208. The minimum atomic E-state index is -0.334. The van der Waals surface area contributed by atoms with Gasteiger partial charge in [-0.05, 0) is 36.1 Å². The van der Waals surface area contributed by atoms with E-state index in [2.05, 4.69) is 22.4 Å². The Morgan fingerprint density at radius 3 is 2.58 bits per heavy atom. The first kappa shape index (κ1) is 19.6. The Labute approximate surface area is 182 Å². The van der Waals surface area contributed by atoms with Gasteiger partial charge in [-0.3, -0.25) is 14.2 Å². The van der Waals surface area contributed by atoms with E-state index in [1.54, 1.807) is 12.1 Å². The van der Waals surface area contributed by atoms with Gasteiger partial charge in [0, 0.05) is 22.9 Å². The smallest absolute Gasteiger partial charge is 0.263 e. The first-order chi connectivity index (χ1) is 15.1. The van der Waals surface area contributed by atoms with Gasteiger partial charge in [-0.25, -0.2) is 9.37 Å². The second kappa shape index (κ2) is 7.74. The summed E-state index contributed by atoms with van der Waals surface area (Å²) in [7, 11) is 0. The summed E-state index contributed by atoms with van der Waals surface area (Å²) in [4.78, 5) is 30.7. The molecule has 2 aromatic heterocycles. The van der Waals surface area contributed by atoms with Gasteiger partial charge in [0.1, 0.15) is 17.2 Å². The first-order valence-electron chi connectivity index (χ1n) is 10.1. The Kier molecular flexibility index (Phi) is 4.90. The van der Waals surface area contributed by atoms with Crippen LogP contribution in [0.3, 0.4) is 0 Å². The molecular formula is C24H20FN3O2S. The van der Waals surface area contributed by atoms with Crippen molar-refractivity contribution >= 4 is 27.5 Å². The minimum Gasteiger partial charge on any atom is -0.354 e. The second-order valence-electron chi connectivity index (χ2n) is 7.94. The molecule has 4 aromatic rings. The molecule has 5 rings (SSSR count). The van der Waals surface area contributed by atoms with Crippen LogP contribution in [0.1, 0.15) is 18.4 Å². The van der Waals surface area contributed by atoms with Gasteiger partial charge in [-0.1, -0.05) is 42.5 Å². The molecule has 2 heterocycles. The fourth-order valence-corrected chi connectivity index (χ4v) is 4.82. The highest BCUT2D eigenvalue weighted by Crippen LogP contribution is 2.47. The third kappa shape index (κ3) is 3.77. The lowest BCUT2D eigenvalue weighted by atomic mass is 9.96. The lowest BCUT2D eigenvalue weighted by Crippen LogP contribution is -2.36. The van der Waals surface area contributed by atoms with Crippen LogP contribution >= 0.6 is 11.3 Å². The summed E-state index contributed by atoms with van der Waals surface area (Å²) >= 11 is 1.36. The van der Waals surface area contributed by atoms with Crippen LogP contribution in [-0.4, -0.2) is 22.0 Å². The van der Waals surface area contributed by atoms with Crippen molar-refractivity contribution in [2.24, 2.45) is 0 Å². The normalized spacial score (nSPS) is 14.5. The summed E-state index contributed by atoms with van der Waals surface area (Å²) in [5, 5.41) is 5.28. The maximum Gasteiger partial charge on any atom is 0.263 e. The van der Waals surface area contributed by atoms with Crippen LogP contribution in [0.4, 0.5) is 4.39 Å². The quantitative estimate of drug-likeness (QED) is 0.498. The van der Waals surface area contributed by atoms with E-state index in [0.717, 1.165) is 18.4 Å². The molecule has 156 valence electrons. The molecule has 1 amide bonds. The van der Waals surface area contributed by atoms with Gasteiger partial charge < -0.3 is 5.32 Å². The van der Waals surface area contributed by atoms with Crippen molar-refractivity contribution in [1.82, 2.24) is 14.9 Å². The van der Waals surface area contributed by atoms with E-state index in [1.807, 2.05) is 23.6 Å². The van der Waals surface area contributed by atoms with Crippen LogP contribution in [0.15, 0.2) is 71.1 Å². The Morgan fingerprint density at radius 1 is 1.13 bits per heavy atom. The molecule has 0 radical (unpaired) electrons. The lowest BCUT2D eigenvalue weighted by Gasteiger charge is -2.17. The number of benzene rings is 2. The van der Waals surface area contributed by atoms with Gasteiger partial charge in [-0.2, -0.15) is 0 Å². The summed E-state index contributed by atoms with van der Waals surface area (Å²) in [6.45, 7) is 0.463. The lowest BCUT2D eigenvalue weighted by molar-refractivity contribution is -0.121. The van der Waals surface area contributed by atoms with Crippen LogP contribution < -0.4 is 10.9 Å². The second-order valence-corrected chi connectivity index (χ2v) is 8.80. The summed E-state index contributed by atoms with van der Waals surface area (Å²) in [5.74, 6) is -0.552. The van der Waals surface area contributed by atoms with Crippen LogP contribution in [0.5, 0.6) is 0 Å². The maximum atomic E-state index is 13.3. The van der Waals surface area contributed by atoms with E-state index in [1.165, 1.54) is 39.9 Å². The number of rotatable bonds is 6. The number of nitrogens with zero attached hydrogens (tertiary/aromatic N) is 2. The molecule has 7 heteroatoms. The minimum absolute atomic E-state index is 0.00714. The Morgan fingerprint density at radius 2 is 1.87 bits per heavy atom. The van der Waals surface area contributed by atoms with E-state index in [-0.39, 0.29) is 29.2 Å². The van der Waals surface area contributed by atoms with Crippen LogP contribution in [0.25, 0.3) is 21.3 Å². The summed E-state index contributed by atoms with van der Waals surface area (Å²) in [6, 6.07) is 16.2. The number of amides is 1. The van der Waals surface area contributed by atoms with Gasteiger partial charge in [0.05, 0.1) is 11.7 Å². The molecular weight excluding hydrogens is 413 g/mol. The number of hydrogen-bond donors (Lipinski definition) is 1. The van der Waals surface area contributed by atoms with E-state index in [0.29, 0.717) is 22.3 Å². The van der Waals surface area contributed by atoms with Crippen molar-refractivity contribution in [3.8, 4) is 11.1 Å². The van der Waals surface area contributed by atoms with Gasteiger partial charge in [0.2, 0.25) is 5.91 Å². The van der Waals surface area contributed by atoms with Crippen molar-refractivity contribution < 1.29 is 9.18 Å². The van der Waals surface area contributed by atoms with Gasteiger partial charge in [0.15, 0.2) is 0 Å². The van der Waals surface area contributed by atoms with E-state index in [4.69, 9.17) is 0 Å². The Hall–Kier alpha value is -3.32. The van der Waals surface area contributed by atoms with E-state index in [9.17, 15) is 14.0 Å². The van der Waals surface area contributed by atoms with E-state index < -0.39 is 0 Å². The van der Waals surface area contributed by atoms with Gasteiger partial charge in [0.25, 0.3) is 5.56 Å². The molecule has 0 atom stereocenters. The summed E-state index contributed by atoms with van der Waals surface area (Å²) in [6.07, 6.45) is 3.50. The standard InChI is InChI=1S/C24H20FN3O2S/c25-18-8-6-16(7-9-18)19-13-31-22-21(19)23(30)28(15-27-22)12-20(29)26-14-24(10-11-24)17-4-2-1-3-5-17/h1-9,13,15H,10-12,14H2,(H,26,29). The maximum absolute atomic E-state index is 13.3. The van der Waals surface area contributed by atoms with Gasteiger partial charge >= 0.3 is 0 Å². The molecule has 31 heavy (non-hydrogen) atoms. The van der Waals surface area contributed by atoms with Crippen LogP contribution in [0.2, 0.25) is 0 Å². The molecule has 0 unspecified atom stereocenters. The zero-order valence-electron chi connectivity index (χ0n) is 16.7. The molecule has 1 aliphatic rings. The fourth-order valence-electron chi connectivity index (χ4n) is 3.91. The number of aromatic nitrogens is 2. The van der Waals surface area contributed by atoms with Crippen LogP contribution in [-0.2, 0) is 16.8 Å². The topological polar surface area (TPSA) is 64.0 Å². The number of hydrogen-bond acceptors (Lipinski definition) is 4. The predicted octanol–water partition coefficient (Wildman–Crippen LogP) is 4.11. The first-order valence-corrected chi connectivity index (χ1v) is 11.0. The van der Waals surface area contributed by atoms with Crippen molar-refractivity contribution in [3.05, 3.63) is 88.0 Å². The number of carbonyl (C=O) groups excluding carboxylic acids is 1. The van der Waals surface area contributed by atoms with Crippen molar-refractivity contribution in [2.75, 3.05) is 6.54 Å². The Bertz CT molecular complexity index is 1310. The van der Waals surface area contributed by atoms with Gasteiger partial charge in [-0.15, -0.1) is 11.3 Å². The molecule has 0 aliphatic heterocycles. The average Bonchev–Trinajstić information content (AvgIpc) is 3.47. The molecule has 1 fully saturated rings. The monoisotopic (exact) mass is 433 g/mol. The summed E-state index contributed by atoms with van der Waals surface area (Å²) < 4.78 is 14.6. The number of nitrogens with one attached hydrogen (secondary N) is 1. The third-order valence-electron chi connectivity index (χ3n) is 5.89. The van der Waals surface area contributed by atoms with E-state index >= 15 is 0 Å². The zero-order chi connectivity index (χ0) is 21.4. The number of fused-ring (bicyclic) bond motifs is 1. The highest BCUT2D eigenvalue weighted by molar-refractivity contribution is 7.17.